The number of aliphatic imine (C=N–C) groups is 1. The minimum absolute atomic E-state index is 0.253. The monoisotopic (exact) mass is 265 g/mol. The second-order valence-electron chi connectivity index (χ2n) is 4.76. The SMILES string of the molecule is Nc1ncnc2c1N=CC2[C@@H]1N[C@H](CO)[C@@H](O)[C@H]1O. The van der Waals surface area contributed by atoms with Gasteiger partial charge in [0.1, 0.15) is 12.0 Å². The van der Waals surface area contributed by atoms with Crippen molar-refractivity contribution in [3.63, 3.8) is 0 Å². The van der Waals surface area contributed by atoms with Crippen LogP contribution in [0.15, 0.2) is 11.3 Å². The number of aliphatic hydroxyl groups is 3. The van der Waals surface area contributed by atoms with Crippen molar-refractivity contribution < 1.29 is 15.3 Å². The molecule has 8 heteroatoms. The number of aliphatic hydroxyl groups excluding tert-OH is 3. The minimum atomic E-state index is -1.02. The Balaban J connectivity index is 1.91. The highest BCUT2D eigenvalue weighted by Crippen LogP contribution is 2.38. The van der Waals surface area contributed by atoms with Crippen LogP contribution in [0.25, 0.3) is 0 Å². The fourth-order valence-corrected chi connectivity index (χ4v) is 2.64. The van der Waals surface area contributed by atoms with E-state index in [0.717, 1.165) is 0 Å². The summed E-state index contributed by atoms with van der Waals surface area (Å²) in [5, 5.41) is 32.0. The van der Waals surface area contributed by atoms with E-state index in [1.807, 2.05) is 0 Å². The normalized spacial score (nSPS) is 36.7. The lowest BCUT2D eigenvalue weighted by Gasteiger charge is -2.20. The highest BCUT2D eigenvalue weighted by molar-refractivity contribution is 5.84. The molecule has 2 aliphatic rings. The summed E-state index contributed by atoms with van der Waals surface area (Å²) in [4.78, 5) is 12.2. The van der Waals surface area contributed by atoms with Crippen molar-refractivity contribution in [2.45, 2.75) is 30.2 Å². The van der Waals surface area contributed by atoms with Gasteiger partial charge in [-0.25, -0.2) is 9.97 Å². The van der Waals surface area contributed by atoms with Gasteiger partial charge in [0.25, 0.3) is 0 Å². The molecular formula is C11H15N5O3. The standard InChI is InChI=1S/C11H15N5O3/c12-11-8-6(14-3-15-11)4(1-13-8)7-10(19)9(18)5(2-17)16-7/h1,3-5,7,9-10,16-19H,2H2,(H2,12,14,15)/t4?,5-,7+,9-,10+/m1/s1. The van der Waals surface area contributed by atoms with Crippen LogP contribution in [0.2, 0.25) is 0 Å². The maximum atomic E-state index is 10.1. The number of hydrogen-bond donors (Lipinski definition) is 5. The molecule has 0 aliphatic carbocycles. The van der Waals surface area contributed by atoms with Crippen LogP contribution in [0, 0.1) is 0 Å². The summed E-state index contributed by atoms with van der Waals surface area (Å²) in [6.07, 6.45) is 0.947. The van der Waals surface area contributed by atoms with Crippen LogP contribution in [0.1, 0.15) is 11.6 Å². The molecule has 19 heavy (non-hydrogen) atoms. The number of nitrogens with one attached hydrogen (secondary N) is 1. The number of rotatable bonds is 2. The second kappa shape index (κ2) is 4.49. The maximum absolute atomic E-state index is 10.1. The molecule has 1 aromatic rings. The van der Waals surface area contributed by atoms with Crippen LogP contribution >= 0.6 is 0 Å². The zero-order valence-electron chi connectivity index (χ0n) is 10.0. The predicted octanol–water partition coefficient (Wildman–Crippen LogP) is -2.09. The van der Waals surface area contributed by atoms with Crippen molar-refractivity contribution in [1.82, 2.24) is 15.3 Å². The third-order valence-electron chi connectivity index (χ3n) is 3.68. The van der Waals surface area contributed by atoms with Crippen LogP contribution < -0.4 is 11.1 Å². The average molecular weight is 265 g/mol. The van der Waals surface area contributed by atoms with E-state index >= 15 is 0 Å². The van der Waals surface area contributed by atoms with Gasteiger partial charge in [-0.15, -0.1) is 0 Å². The zero-order valence-corrected chi connectivity index (χ0v) is 10.0. The van der Waals surface area contributed by atoms with Crippen molar-refractivity contribution in [3.05, 3.63) is 12.0 Å². The molecule has 3 heterocycles. The van der Waals surface area contributed by atoms with Gasteiger partial charge in [-0.2, -0.15) is 0 Å². The van der Waals surface area contributed by atoms with Gasteiger partial charge in [-0.05, 0) is 0 Å². The molecule has 102 valence electrons. The molecule has 1 aromatic heterocycles. The summed E-state index contributed by atoms with van der Waals surface area (Å²) in [5.74, 6) is -0.0167. The summed E-state index contributed by atoms with van der Waals surface area (Å²) in [5.41, 5.74) is 6.83. The number of nitrogens with zero attached hydrogens (tertiary/aromatic N) is 3. The van der Waals surface area contributed by atoms with Crippen molar-refractivity contribution >= 4 is 17.7 Å². The summed E-state index contributed by atoms with van der Waals surface area (Å²) >= 11 is 0. The molecule has 3 rings (SSSR count). The largest absolute Gasteiger partial charge is 0.395 e. The lowest BCUT2D eigenvalue weighted by Crippen LogP contribution is -2.39. The molecule has 2 aliphatic heterocycles. The lowest BCUT2D eigenvalue weighted by molar-refractivity contribution is 0.0189. The molecule has 0 saturated carbocycles. The van der Waals surface area contributed by atoms with E-state index in [1.54, 1.807) is 6.21 Å². The van der Waals surface area contributed by atoms with Crippen molar-refractivity contribution in [2.24, 2.45) is 4.99 Å². The zero-order chi connectivity index (χ0) is 13.6. The number of nitrogens with two attached hydrogens (primary N) is 1. The van der Waals surface area contributed by atoms with Gasteiger partial charge >= 0.3 is 0 Å². The molecule has 0 aromatic carbocycles. The number of hydrogen-bond acceptors (Lipinski definition) is 8. The Morgan fingerprint density at radius 3 is 2.74 bits per heavy atom. The first-order chi connectivity index (χ1) is 9.13. The number of fused-ring (bicyclic) bond motifs is 1. The van der Waals surface area contributed by atoms with Gasteiger partial charge < -0.3 is 26.4 Å². The predicted molar refractivity (Wildman–Crippen MR) is 67.1 cm³/mol. The van der Waals surface area contributed by atoms with Crippen LogP contribution in [-0.2, 0) is 0 Å². The van der Waals surface area contributed by atoms with Crippen molar-refractivity contribution in [2.75, 3.05) is 12.3 Å². The van der Waals surface area contributed by atoms with E-state index in [0.29, 0.717) is 11.4 Å². The first kappa shape index (κ1) is 12.4. The van der Waals surface area contributed by atoms with E-state index in [4.69, 9.17) is 10.8 Å². The van der Waals surface area contributed by atoms with Gasteiger partial charge in [0.2, 0.25) is 0 Å². The van der Waals surface area contributed by atoms with Crippen LogP contribution in [0.5, 0.6) is 0 Å². The lowest BCUT2D eigenvalue weighted by atomic mass is 9.94. The summed E-state index contributed by atoms with van der Waals surface area (Å²) in [6.45, 7) is -0.253. The van der Waals surface area contributed by atoms with Gasteiger partial charge in [0.15, 0.2) is 5.82 Å². The third kappa shape index (κ3) is 1.80. The van der Waals surface area contributed by atoms with E-state index in [1.165, 1.54) is 6.33 Å². The molecule has 0 radical (unpaired) electrons. The first-order valence-corrected chi connectivity index (χ1v) is 6.01. The summed E-state index contributed by atoms with van der Waals surface area (Å²) in [6, 6.07) is -1.02. The summed E-state index contributed by atoms with van der Waals surface area (Å²) < 4.78 is 0. The molecule has 5 atom stereocenters. The van der Waals surface area contributed by atoms with E-state index < -0.39 is 24.3 Å². The van der Waals surface area contributed by atoms with Crippen LogP contribution in [0.3, 0.4) is 0 Å². The van der Waals surface area contributed by atoms with E-state index in [9.17, 15) is 10.2 Å². The number of nitrogen functional groups attached to an aromatic ring is 1. The van der Waals surface area contributed by atoms with Crippen LogP contribution in [0.4, 0.5) is 11.5 Å². The Morgan fingerprint density at radius 1 is 1.26 bits per heavy atom. The van der Waals surface area contributed by atoms with E-state index in [-0.39, 0.29) is 18.3 Å². The third-order valence-corrected chi connectivity index (χ3v) is 3.68. The van der Waals surface area contributed by atoms with Crippen molar-refractivity contribution in [3.8, 4) is 0 Å². The fraction of sp³-hybridized carbons (Fsp3) is 0.545. The Labute approximate surface area is 109 Å². The molecule has 6 N–H and O–H groups in total. The highest BCUT2D eigenvalue weighted by Gasteiger charge is 2.46. The minimum Gasteiger partial charge on any atom is -0.395 e. The first-order valence-electron chi connectivity index (χ1n) is 6.01. The molecule has 1 fully saturated rings. The second-order valence-corrected chi connectivity index (χ2v) is 4.76. The molecule has 0 amide bonds. The summed E-state index contributed by atoms with van der Waals surface area (Å²) in [7, 11) is 0. The number of anilines is 1. The molecule has 0 bridgehead atoms. The van der Waals surface area contributed by atoms with Gasteiger partial charge in [0.05, 0.1) is 36.5 Å². The van der Waals surface area contributed by atoms with Gasteiger partial charge in [0, 0.05) is 12.3 Å². The Kier molecular flexibility index (Phi) is 2.94. The van der Waals surface area contributed by atoms with E-state index in [2.05, 4.69) is 20.3 Å². The molecular weight excluding hydrogens is 250 g/mol. The Morgan fingerprint density at radius 2 is 2.05 bits per heavy atom. The molecule has 1 unspecified atom stereocenters. The molecule has 8 nitrogen and oxygen atoms in total. The number of aromatic nitrogens is 2. The smallest absolute Gasteiger partial charge is 0.153 e. The fourth-order valence-electron chi connectivity index (χ4n) is 2.64. The van der Waals surface area contributed by atoms with Gasteiger partial charge in [-0.1, -0.05) is 0 Å². The quantitative estimate of drug-likeness (QED) is 0.413. The Hall–Kier alpha value is -1.61. The molecule has 0 spiro atoms. The highest BCUT2D eigenvalue weighted by atomic mass is 16.3. The molecule has 1 saturated heterocycles. The van der Waals surface area contributed by atoms with Crippen molar-refractivity contribution in [1.29, 1.82) is 0 Å². The van der Waals surface area contributed by atoms with Gasteiger partial charge in [-0.3, -0.25) is 4.99 Å². The Bertz CT molecular complexity index is 523. The topological polar surface area (TPSA) is 137 Å². The average Bonchev–Trinajstić information content (AvgIpc) is 2.94. The van der Waals surface area contributed by atoms with Crippen LogP contribution in [-0.4, -0.2) is 62.4 Å². The maximum Gasteiger partial charge on any atom is 0.153 e.